The van der Waals surface area contributed by atoms with Crippen LogP contribution in [-0.4, -0.2) is 24.3 Å². The minimum atomic E-state index is -0.350. The zero-order valence-corrected chi connectivity index (χ0v) is 17.3. The van der Waals surface area contributed by atoms with Gasteiger partial charge in [0.2, 0.25) is 0 Å². The molecule has 1 aliphatic rings. The van der Waals surface area contributed by atoms with Crippen LogP contribution >= 0.6 is 0 Å². The summed E-state index contributed by atoms with van der Waals surface area (Å²) in [6.07, 6.45) is 8.37. The lowest BCUT2D eigenvalue weighted by atomic mass is 9.77. The zero-order chi connectivity index (χ0) is 20.5. The highest BCUT2D eigenvalue weighted by Crippen LogP contribution is 2.37. The monoisotopic (exact) mass is 396 g/mol. The van der Waals surface area contributed by atoms with Crippen LogP contribution in [0.3, 0.4) is 0 Å². The number of aliphatic hydroxyl groups excluding tert-OH is 1. The van der Waals surface area contributed by atoms with Gasteiger partial charge in [-0.1, -0.05) is 31.9 Å². The van der Waals surface area contributed by atoms with Gasteiger partial charge in [-0.15, -0.1) is 0 Å². The van der Waals surface area contributed by atoms with Crippen LogP contribution in [0.2, 0.25) is 0 Å². The summed E-state index contributed by atoms with van der Waals surface area (Å²) in [6, 6.07) is 14.9. The molecule has 0 amide bonds. The van der Waals surface area contributed by atoms with Gasteiger partial charge in [0.05, 0.1) is 12.2 Å². The van der Waals surface area contributed by atoms with E-state index in [2.05, 4.69) is 19.1 Å². The molecule has 0 radical (unpaired) electrons. The van der Waals surface area contributed by atoms with Crippen LogP contribution in [0, 0.1) is 5.92 Å². The Kier molecular flexibility index (Phi) is 8.12. The van der Waals surface area contributed by atoms with Gasteiger partial charge in [-0.3, -0.25) is 0 Å². The van der Waals surface area contributed by atoms with Crippen molar-refractivity contribution in [1.82, 2.24) is 0 Å². The summed E-state index contributed by atoms with van der Waals surface area (Å²) in [6.45, 7) is 2.84. The lowest BCUT2D eigenvalue weighted by Gasteiger charge is -2.28. The molecule has 2 aromatic rings. The third-order valence-corrected chi connectivity index (χ3v) is 5.77. The van der Waals surface area contributed by atoms with Crippen molar-refractivity contribution in [2.45, 2.75) is 57.8 Å². The first kappa shape index (κ1) is 21.4. The Labute approximate surface area is 173 Å². The number of hydrogen-bond acceptors (Lipinski definition) is 4. The van der Waals surface area contributed by atoms with E-state index < -0.39 is 0 Å². The molecule has 2 aromatic carbocycles. The minimum absolute atomic E-state index is 0.106. The van der Waals surface area contributed by atoms with E-state index in [0.29, 0.717) is 36.0 Å². The average molecular weight is 397 g/mol. The van der Waals surface area contributed by atoms with Crippen LogP contribution in [0.1, 0.15) is 73.7 Å². The van der Waals surface area contributed by atoms with Gasteiger partial charge in [0.25, 0.3) is 0 Å². The number of benzene rings is 2. The SMILES string of the molecule is CCCC1CCC(c2ccc(C(=O)Oc3ccc(OCCCO)cc3)cc2)CC1. The maximum absolute atomic E-state index is 12.4. The van der Waals surface area contributed by atoms with Gasteiger partial charge < -0.3 is 14.6 Å². The number of carbonyl (C=O) groups excluding carboxylic acids is 1. The van der Waals surface area contributed by atoms with Crippen molar-refractivity contribution in [3.05, 3.63) is 59.7 Å². The maximum atomic E-state index is 12.4. The minimum Gasteiger partial charge on any atom is -0.494 e. The molecule has 0 spiro atoms. The molecule has 1 fully saturated rings. The summed E-state index contributed by atoms with van der Waals surface area (Å²) >= 11 is 0. The molecular formula is C25H32O4. The van der Waals surface area contributed by atoms with Crippen LogP contribution in [0.5, 0.6) is 11.5 Å². The normalized spacial score (nSPS) is 19.0. The molecule has 0 heterocycles. The fourth-order valence-corrected chi connectivity index (χ4v) is 4.11. The number of esters is 1. The van der Waals surface area contributed by atoms with E-state index >= 15 is 0 Å². The van der Waals surface area contributed by atoms with Crippen LogP contribution < -0.4 is 9.47 Å². The molecule has 0 aromatic heterocycles. The number of ether oxygens (including phenoxy) is 2. The third kappa shape index (κ3) is 6.33. The number of carbonyl (C=O) groups is 1. The van der Waals surface area contributed by atoms with Crippen LogP contribution in [0.15, 0.2) is 48.5 Å². The maximum Gasteiger partial charge on any atom is 0.343 e. The molecule has 0 bridgehead atoms. The molecule has 1 N–H and O–H groups in total. The molecule has 3 rings (SSSR count). The number of rotatable bonds is 9. The Balaban J connectivity index is 1.51. The Morgan fingerprint density at radius 1 is 0.966 bits per heavy atom. The Morgan fingerprint density at radius 2 is 1.62 bits per heavy atom. The van der Waals surface area contributed by atoms with E-state index in [1.807, 2.05) is 12.1 Å². The van der Waals surface area contributed by atoms with Crippen molar-refractivity contribution in [2.24, 2.45) is 5.92 Å². The largest absolute Gasteiger partial charge is 0.494 e. The van der Waals surface area contributed by atoms with E-state index in [9.17, 15) is 4.79 Å². The topological polar surface area (TPSA) is 55.8 Å². The molecule has 0 aliphatic heterocycles. The molecule has 0 unspecified atom stereocenters. The number of aliphatic hydroxyl groups is 1. The van der Waals surface area contributed by atoms with Gasteiger partial charge in [-0.05, 0) is 79.5 Å². The average Bonchev–Trinajstić information content (AvgIpc) is 2.76. The van der Waals surface area contributed by atoms with Crippen LogP contribution in [0.4, 0.5) is 0 Å². The fourth-order valence-electron chi connectivity index (χ4n) is 4.11. The Bertz CT molecular complexity index is 743. The molecule has 0 saturated heterocycles. The van der Waals surface area contributed by atoms with Gasteiger partial charge in [-0.2, -0.15) is 0 Å². The third-order valence-electron chi connectivity index (χ3n) is 5.77. The van der Waals surface area contributed by atoms with E-state index in [1.165, 1.54) is 44.1 Å². The molecule has 1 aliphatic carbocycles. The summed E-state index contributed by atoms with van der Waals surface area (Å²) in [7, 11) is 0. The second-order valence-electron chi connectivity index (χ2n) is 7.91. The first-order valence-corrected chi connectivity index (χ1v) is 10.9. The lowest BCUT2D eigenvalue weighted by Crippen LogP contribution is -2.13. The summed E-state index contributed by atoms with van der Waals surface area (Å²) in [5.41, 5.74) is 1.90. The van der Waals surface area contributed by atoms with E-state index in [0.717, 1.165) is 5.92 Å². The van der Waals surface area contributed by atoms with E-state index in [4.69, 9.17) is 14.6 Å². The summed E-state index contributed by atoms with van der Waals surface area (Å²) < 4.78 is 11.0. The predicted molar refractivity (Wildman–Crippen MR) is 115 cm³/mol. The number of hydrogen-bond donors (Lipinski definition) is 1. The molecule has 156 valence electrons. The highest BCUT2D eigenvalue weighted by atomic mass is 16.5. The lowest BCUT2D eigenvalue weighted by molar-refractivity contribution is 0.0734. The molecule has 0 atom stereocenters. The molecule has 4 nitrogen and oxygen atoms in total. The standard InChI is InChI=1S/C25H32O4/c1-2-4-19-5-7-20(8-6-19)21-9-11-22(12-10-21)25(27)29-24-15-13-23(14-16-24)28-18-3-17-26/h9-16,19-20,26H,2-8,17-18H2,1H3. The molecule has 4 heteroatoms. The molecule has 1 saturated carbocycles. The summed E-state index contributed by atoms with van der Waals surface area (Å²) in [5.74, 6) is 2.35. The smallest absolute Gasteiger partial charge is 0.343 e. The van der Waals surface area contributed by atoms with Gasteiger partial charge in [0, 0.05) is 13.0 Å². The van der Waals surface area contributed by atoms with Crippen molar-refractivity contribution in [1.29, 1.82) is 0 Å². The Hall–Kier alpha value is -2.33. The highest BCUT2D eigenvalue weighted by molar-refractivity contribution is 5.91. The van der Waals surface area contributed by atoms with Crippen LogP contribution in [0.25, 0.3) is 0 Å². The van der Waals surface area contributed by atoms with Gasteiger partial charge in [-0.25, -0.2) is 4.79 Å². The molecule has 29 heavy (non-hydrogen) atoms. The fraction of sp³-hybridized carbons (Fsp3) is 0.480. The van der Waals surface area contributed by atoms with Gasteiger partial charge >= 0.3 is 5.97 Å². The Morgan fingerprint density at radius 3 is 2.24 bits per heavy atom. The highest BCUT2D eigenvalue weighted by Gasteiger charge is 2.22. The first-order chi connectivity index (χ1) is 14.2. The van der Waals surface area contributed by atoms with E-state index in [-0.39, 0.29) is 12.6 Å². The van der Waals surface area contributed by atoms with Crippen molar-refractivity contribution in [3.8, 4) is 11.5 Å². The van der Waals surface area contributed by atoms with Crippen molar-refractivity contribution < 1.29 is 19.4 Å². The van der Waals surface area contributed by atoms with Crippen LogP contribution in [-0.2, 0) is 0 Å². The second-order valence-corrected chi connectivity index (χ2v) is 7.91. The molecular weight excluding hydrogens is 364 g/mol. The van der Waals surface area contributed by atoms with E-state index in [1.54, 1.807) is 24.3 Å². The summed E-state index contributed by atoms with van der Waals surface area (Å²) in [5, 5.41) is 8.78. The second kappa shape index (κ2) is 11.0. The zero-order valence-electron chi connectivity index (χ0n) is 17.3. The first-order valence-electron chi connectivity index (χ1n) is 10.9. The van der Waals surface area contributed by atoms with Crippen molar-refractivity contribution in [3.63, 3.8) is 0 Å². The predicted octanol–water partition coefficient (Wildman–Crippen LogP) is 5.74. The van der Waals surface area contributed by atoms with Crippen molar-refractivity contribution >= 4 is 5.97 Å². The van der Waals surface area contributed by atoms with Crippen molar-refractivity contribution in [2.75, 3.05) is 13.2 Å². The van der Waals surface area contributed by atoms with Gasteiger partial charge in [0.15, 0.2) is 0 Å². The quantitative estimate of drug-likeness (QED) is 0.333. The van der Waals surface area contributed by atoms with Gasteiger partial charge in [0.1, 0.15) is 11.5 Å². The summed E-state index contributed by atoms with van der Waals surface area (Å²) in [4.78, 5) is 12.4.